The lowest BCUT2D eigenvalue weighted by molar-refractivity contribution is 0.000382. The van der Waals surface area contributed by atoms with Crippen LogP contribution in [0.5, 0.6) is 0 Å². The standard InChI is InChI=1S/C17H17BrFNO2/c1-17(22-2,13-8-4-6-10-15(13)19)11-20-16(21)12-7-3-5-9-14(12)18/h3-10H,11H2,1-2H3,(H,20,21). The van der Waals surface area contributed by atoms with Gasteiger partial charge in [-0.05, 0) is 41.1 Å². The minimum Gasteiger partial charge on any atom is -0.372 e. The molecule has 0 radical (unpaired) electrons. The maximum atomic E-state index is 14.0. The highest BCUT2D eigenvalue weighted by Gasteiger charge is 2.30. The number of hydrogen-bond donors (Lipinski definition) is 1. The van der Waals surface area contributed by atoms with Gasteiger partial charge in [0.15, 0.2) is 0 Å². The van der Waals surface area contributed by atoms with Crippen molar-refractivity contribution in [3.05, 3.63) is 69.9 Å². The van der Waals surface area contributed by atoms with E-state index in [0.717, 1.165) is 0 Å². The number of methoxy groups -OCH3 is 1. The molecule has 0 fully saturated rings. The number of carbonyl (C=O) groups excluding carboxylic acids is 1. The normalized spacial score (nSPS) is 13.5. The summed E-state index contributed by atoms with van der Waals surface area (Å²) in [5.74, 6) is -0.603. The molecule has 2 aromatic rings. The van der Waals surface area contributed by atoms with Crippen LogP contribution in [0.4, 0.5) is 4.39 Å². The van der Waals surface area contributed by atoms with Crippen molar-refractivity contribution in [1.82, 2.24) is 5.32 Å². The molecule has 3 nitrogen and oxygen atoms in total. The van der Waals surface area contributed by atoms with Crippen molar-refractivity contribution in [3.63, 3.8) is 0 Å². The van der Waals surface area contributed by atoms with Gasteiger partial charge >= 0.3 is 0 Å². The van der Waals surface area contributed by atoms with Gasteiger partial charge in [0.2, 0.25) is 0 Å². The molecule has 1 unspecified atom stereocenters. The van der Waals surface area contributed by atoms with Crippen molar-refractivity contribution >= 4 is 21.8 Å². The molecule has 0 saturated heterocycles. The predicted molar refractivity (Wildman–Crippen MR) is 87.2 cm³/mol. The van der Waals surface area contributed by atoms with Crippen LogP contribution in [0, 0.1) is 5.82 Å². The molecule has 1 amide bonds. The molecule has 1 atom stereocenters. The van der Waals surface area contributed by atoms with E-state index in [1.807, 2.05) is 6.07 Å². The van der Waals surface area contributed by atoms with E-state index in [0.29, 0.717) is 15.6 Å². The third-order valence-corrected chi connectivity index (χ3v) is 4.29. The molecule has 0 aliphatic carbocycles. The SMILES string of the molecule is COC(C)(CNC(=O)c1ccccc1Br)c1ccccc1F. The lowest BCUT2D eigenvalue weighted by Crippen LogP contribution is -2.40. The molecule has 2 aromatic carbocycles. The second-order valence-corrected chi connectivity index (χ2v) is 5.93. The number of carbonyl (C=O) groups is 1. The summed E-state index contributed by atoms with van der Waals surface area (Å²) >= 11 is 3.34. The van der Waals surface area contributed by atoms with E-state index in [1.165, 1.54) is 13.2 Å². The van der Waals surface area contributed by atoms with Gasteiger partial charge in [0.25, 0.3) is 5.91 Å². The van der Waals surface area contributed by atoms with Crippen LogP contribution in [-0.4, -0.2) is 19.6 Å². The summed E-state index contributed by atoms with van der Waals surface area (Å²) < 4.78 is 20.1. The van der Waals surface area contributed by atoms with Gasteiger partial charge in [-0.25, -0.2) is 4.39 Å². The maximum Gasteiger partial charge on any atom is 0.252 e. The average Bonchev–Trinajstić information content (AvgIpc) is 2.53. The summed E-state index contributed by atoms with van der Waals surface area (Å²) in [6, 6.07) is 13.5. The molecule has 0 aliphatic rings. The lowest BCUT2D eigenvalue weighted by Gasteiger charge is -2.29. The Kier molecular flexibility index (Phi) is 5.32. The topological polar surface area (TPSA) is 38.3 Å². The van der Waals surface area contributed by atoms with Crippen LogP contribution in [0.1, 0.15) is 22.8 Å². The Morgan fingerprint density at radius 3 is 2.50 bits per heavy atom. The van der Waals surface area contributed by atoms with E-state index in [9.17, 15) is 9.18 Å². The Labute approximate surface area is 137 Å². The zero-order valence-electron chi connectivity index (χ0n) is 12.4. The van der Waals surface area contributed by atoms with Gasteiger partial charge in [0.1, 0.15) is 11.4 Å². The third-order valence-electron chi connectivity index (χ3n) is 3.60. The van der Waals surface area contributed by atoms with Crippen LogP contribution in [0.25, 0.3) is 0 Å². The zero-order chi connectivity index (χ0) is 16.2. The second kappa shape index (κ2) is 7.03. The predicted octanol–water partition coefficient (Wildman–Crippen LogP) is 3.88. The summed E-state index contributed by atoms with van der Waals surface area (Å²) in [7, 11) is 1.50. The zero-order valence-corrected chi connectivity index (χ0v) is 14.0. The fraction of sp³-hybridized carbons (Fsp3) is 0.235. The van der Waals surface area contributed by atoms with Gasteiger partial charge in [0, 0.05) is 17.1 Å². The van der Waals surface area contributed by atoms with Crippen LogP contribution in [0.3, 0.4) is 0 Å². The average molecular weight is 366 g/mol. The van der Waals surface area contributed by atoms with Crippen molar-refractivity contribution in [2.24, 2.45) is 0 Å². The van der Waals surface area contributed by atoms with Crippen molar-refractivity contribution < 1.29 is 13.9 Å². The minimum absolute atomic E-state index is 0.157. The Bertz CT molecular complexity index is 677. The summed E-state index contributed by atoms with van der Waals surface area (Å²) in [6.07, 6.45) is 0. The molecule has 1 N–H and O–H groups in total. The second-order valence-electron chi connectivity index (χ2n) is 5.08. The summed E-state index contributed by atoms with van der Waals surface area (Å²) in [6.45, 7) is 1.90. The molecular weight excluding hydrogens is 349 g/mol. The van der Waals surface area contributed by atoms with Gasteiger partial charge in [-0.3, -0.25) is 4.79 Å². The van der Waals surface area contributed by atoms with Gasteiger partial charge in [0.05, 0.1) is 12.1 Å². The molecule has 116 valence electrons. The molecule has 22 heavy (non-hydrogen) atoms. The van der Waals surface area contributed by atoms with E-state index in [1.54, 1.807) is 43.3 Å². The van der Waals surface area contributed by atoms with E-state index in [-0.39, 0.29) is 18.3 Å². The van der Waals surface area contributed by atoms with Gasteiger partial charge < -0.3 is 10.1 Å². The fourth-order valence-corrected chi connectivity index (χ4v) is 2.62. The highest BCUT2D eigenvalue weighted by Crippen LogP contribution is 2.26. The molecule has 0 aromatic heterocycles. The quantitative estimate of drug-likeness (QED) is 0.872. The summed E-state index contributed by atoms with van der Waals surface area (Å²) in [5, 5.41) is 2.80. The largest absolute Gasteiger partial charge is 0.372 e. The number of nitrogens with one attached hydrogen (secondary N) is 1. The monoisotopic (exact) mass is 365 g/mol. The first kappa shape index (κ1) is 16.6. The first-order valence-electron chi connectivity index (χ1n) is 6.81. The molecule has 0 bridgehead atoms. The number of halogens is 2. The van der Waals surface area contributed by atoms with Crippen molar-refractivity contribution in [2.75, 3.05) is 13.7 Å². The van der Waals surface area contributed by atoms with Crippen LogP contribution in [-0.2, 0) is 10.3 Å². The number of hydrogen-bond acceptors (Lipinski definition) is 2. The number of amides is 1. The molecule has 0 spiro atoms. The van der Waals surface area contributed by atoms with Gasteiger partial charge in [-0.1, -0.05) is 30.3 Å². The first-order valence-corrected chi connectivity index (χ1v) is 7.60. The third kappa shape index (κ3) is 3.54. The smallest absolute Gasteiger partial charge is 0.252 e. The van der Waals surface area contributed by atoms with Crippen LogP contribution < -0.4 is 5.32 Å². The number of rotatable bonds is 5. The maximum absolute atomic E-state index is 14.0. The number of benzene rings is 2. The summed E-state index contributed by atoms with van der Waals surface area (Å²) in [4.78, 5) is 12.3. The van der Waals surface area contributed by atoms with E-state index < -0.39 is 5.60 Å². The molecular formula is C17H17BrFNO2. The lowest BCUT2D eigenvalue weighted by atomic mass is 9.95. The molecule has 0 saturated carbocycles. The Hall–Kier alpha value is -1.72. The molecule has 0 heterocycles. The fourth-order valence-electron chi connectivity index (χ4n) is 2.16. The van der Waals surface area contributed by atoms with Gasteiger partial charge in [-0.15, -0.1) is 0 Å². The molecule has 5 heteroatoms. The highest BCUT2D eigenvalue weighted by molar-refractivity contribution is 9.10. The Balaban J connectivity index is 2.16. The highest BCUT2D eigenvalue weighted by atomic mass is 79.9. The van der Waals surface area contributed by atoms with Crippen molar-refractivity contribution in [3.8, 4) is 0 Å². The van der Waals surface area contributed by atoms with Crippen LogP contribution >= 0.6 is 15.9 Å². The van der Waals surface area contributed by atoms with Crippen LogP contribution in [0.15, 0.2) is 53.0 Å². The summed E-state index contributed by atoms with van der Waals surface area (Å²) in [5.41, 5.74) is -0.0122. The van der Waals surface area contributed by atoms with E-state index >= 15 is 0 Å². The Morgan fingerprint density at radius 2 is 1.86 bits per heavy atom. The van der Waals surface area contributed by atoms with E-state index in [2.05, 4.69) is 21.2 Å². The van der Waals surface area contributed by atoms with Crippen LogP contribution in [0.2, 0.25) is 0 Å². The Morgan fingerprint density at radius 1 is 1.23 bits per heavy atom. The molecule has 2 rings (SSSR count). The van der Waals surface area contributed by atoms with E-state index in [4.69, 9.17) is 4.74 Å². The molecule has 0 aliphatic heterocycles. The minimum atomic E-state index is -0.942. The first-order chi connectivity index (χ1) is 10.5. The van der Waals surface area contributed by atoms with Gasteiger partial charge in [-0.2, -0.15) is 0 Å². The van der Waals surface area contributed by atoms with Crippen molar-refractivity contribution in [2.45, 2.75) is 12.5 Å². The number of ether oxygens (including phenoxy) is 1. The van der Waals surface area contributed by atoms with Crippen molar-refractivity contribution in [1.29, 1.82) is 0 Å².